The van der Waals surface area contributed by atoms with E-state index in [1.807, 2.05) is 0 Å². The molecular weight excluding hydrogens is 342 g/mol. The molecule has 0 saturated heterocycles. The van der Waals surface area contributed by atoms with Crippen molar-refractivity contribution in [1.29, 1.82) is 0 Å². The molecule has 5 atom stereocenters. The Kier molecular flexibility index (Phi) is 5.30. The van der Waals surface area contributed by atoms with Crippen LogP contribution in [0.3, 0.4) is 0 Å². The first-order valence-corrected chi connectivity index (χ1v) is 12.0. The molecule has 0 radical (unpaired) electrons. The largest absolute Gasteiger partial charge is 0.353 e. The molecule has 0 aromatic carbocycles. The predicted octanol–water partition coefficient (Wildman–Crippen LogP) is 6.57. The van der Waals surface area contributed by atoms with E-state index >= 15 is 0 Å². The summed E-state index contributed by atoms with van der Waals surface area (Å²) in [5.74, 6) is 1.55. The standard InChI is InChI=1S/C26H41NO/c1-5-24(2)17-14-21-19(18-24)12-13-22-25(21,3)15-9-16-26(22,4)23(28)27-20-10-7-6-8-11-20/h5,14,19-20,22H,1,6-13,15-18H2,2-4H3,(H,27,28)/t19-,22-,24-,25-,26+/m0/s1. The molecule has 0 unspecified atom stereocenters. The highest BCUT2D eigenvalue weighted by Crippen LogP contribution is 2.63. The molecule has 156 valence electrons. The van der Waals surface area contributed by atoms with Gasteiger partial charge in [0.15, 0.2) is 0 Å². The second-order valence-corrected chi connectivity index (χ2v) is 11.2. The van der Waals surface area contributed by atoms with Crippen LogP contribution in [0.2, 0.25) is 0 Å². The van der Waals surface area contributed by atoms with Gasteiger partial charge in [0.1, 0.15) is 0 Å². The maximum atomic E-state index is 13.6. The molecule has 2 heteroatoms. The van der Waals surface area contributed by atoms with Crippen molar-refractivity contribution in [2.75, 3.05) is 0 Å². The van der Waals surface area contributed by atoms with E-state index in [0.29, 0.717) is 23.8 Å². The molecule has 3 fully saturated rings. The van der Waals surface area contributed by atoms with Gasteiger partial charge in [-0.1, -0.05) is 64.2 Å². The fourth-order valence-electron chi connectivity index (χ4n) is 7.48. The quantitative estimate of drug-likeness (QED) is 0.549. The molecule has 28 heavy (non-hydrogen) atoms. The molecule has 0 bridgehead atoms. The molecule has 0 aromatic rings. The van der Waals surface area contributed by atoms with Gasteiger partial charge in [-0.15, -0.1) is 6.58 Å². The van der Waals surface area contributed by atoms with Crippen LogP contribution in [0.4, 0.5) is 0 Å². The Balaban J connectivity index is 1.58. The normalized spacial score (nSPS) is 44.0. The number of carbonyl (C=O) groups excluding carboxylic acids is 1. The zero-order valence-corrected chi connectivity index (χ0v) is 18.5. The molecule has 0 heterocycles. The number of hydrogen-bond donors (Lipinski definition) is 1. The fraction of sp³-hybridized carbons (Fsp3) is 0.808. The summed E-state index contributed by atoms with van der Waals surface area (Å²) in [6, 6.07) is 0.421. The molecule has 0 aromatic heterocycles. The van der Waals surface area contributed by atoms with Crippen LogP contribution >= 0.6 is 0 Å². The fourth-order valence-corrected chi connectivity index (χ4v) is 7.48. The van der Waals surface area contributed by atoms with Crippen LogP contribution in [0.15, 0.2) is 24.3 Å². The van der Waals surface area contributed by atoms with E-state index in [1.165, 1.54) is 64.2 Å². The molecule has 1 amide bonds. The van der Waals surface area contributed by atoms with Crippen LogP contribution in [-0.2, 0) is 4.79 Å². The van der Waals surface area contributed by atoms with Gasteiger partial charge >= 0.3 is 0 Å². The Morgan fingerprint density at radius 1 is 1.07 bits per heavy atom. The average molecular weight is 384 g/mol. The molecule has 0 spiro atoms. The van der Waals surface area contributed by atoms with Crippen LogP contribution in [0.25, 0.3) is 0 Å². The zero-order chi connectivity index (χ0) is 20.0. The first-order chi connectivity index (χ1) is 13.3. The molecule has 2 nitrogen and oxygen atoms in total. The SMILES string of the molecule is C=C[C@@]1(C)CC=C2[C@@H](CC[C@@H]3[C@](C)(C(=O)NC4CCCCC4)CCC[C@@]23C)C1. The van der Waals surface area contributed by atoms with Gasteiger partial charge in [-0.2, -0.15) is 0 Å². The number of fused-ring (bicyclic) bond motifs is 3. The van der Waals surface area contributed by atoms with Gasteiger partial charge in [-0.3, -0.25) is 4.79 Å². The molecule has 4 aliphatic carbocycles. The van der Waals surface area contributed by atoms with Crippen molar-refractivity contribution in [3.05, 3.63) is 24.3 Å². The van der Waals surface area contributed by atoms with Gasteiger partial charge in [0, 0.05) is 6.04 Å². The van der Waals surface area contributed by atoms with Crippen LogP contribution in [0.5, 0.6) is 0 Å². The number of rotatable bonds is 3. The van der Waals surface area contributed by atoms with Crippen LogP contribution < -0.4 is 5.32 Å². The lowest BCUT2D eigenvalue weighted by Crippen LogP contribution is -2.56. The summed E-state index contributed by atoms with van der Waals surface area (Å²) < 4.78 is 0. The Hall–Kier alpha value is -1.05. The van der Waals surface area contributed by atoms with Crippen LogP contribution in [0, 0.1) is 28.1 Å². The highest BCUT2D eigenvalue weighted by molar-refractivity contribution is 5.83. The molecule has 1 N–H and O–H groups in total. The summed E-state index contributed by atoms with van der Waals surface area (Å²) in [5.41, 5.74) is 1.96. The van der Waals surface area contributed by atoms with E-state index in [9.17, 15) is 4.79 Å². The zero-order valence-electron chi connectivity index (χ0n) is 18.5. The molecule has 3 saturated carbocycles. The summed E-state index contributed by atoms with van der Waals surface area (Å²) in [7, 11) is 0. The van der Waals surface area contributed by atoms with Crippen molar-refractivity contribution in [1.82, 2.24) is 5.32 Å². The Bertz CT molecular complexity index is 659. The minimum atomic E-state index is -0.199. The van der Waals surface area contributed by atoms with Crippen molar-refractivity contribution >= 4 is 5.91 Å². The first-order valence-electron chi connectivity index (χ1n) is 12.0. The topological polar surface area (TPSA) is 29.1 Å². The highest BCUT2D eigenvalue weighted by atomic mass is 16.2. The van der Waals surface area contributed by atoms with E-state index < -0.39 is 0 Å². The van der Waals surface area contributed by atoms with Gasteiger partial charge in [-0.25, -0.2) is 0 Å². The lowest BCUT2D eigenvalue weighted by atomic mass is 9.46. The summed E-state index contributed by atoms with van der Waals surface area (Å²) in [5, 5.41) is 3.50. The number of allylic oxidation sites excluding steroid dienone is 3. The third kappa shape index (κ3) is 3.29. The molecule has 4 aliphatic rings. The molecule has 4 rings (SSSR count). The second kappa shape index (κ2) is 7.33. The Morgan fingerprint density at radius 3 is 2.54 bits per heavy atom. The highest BCUT2D eigenvalue weighted by Gasteiger charge is 2.57. The maximum Gasteiger partial charge on any atom is 0.226 e. The van der Waals surface area contributed by atoms with Crippen LogP contribution in [-0.4, -0.2) is 11.9 Å². The lowest BCUT2D eigenvalue weighted by molar-refractivity contribution is -0.143. The van der Waals surface area contributed by atoms with E-state index in [1.54, 1.807) is 5.57 Å². The Labute approximate surface area is 172 Å². The minimum Gasteiger partial charge on any atom is -0.353 e. The summed E-state index contributed by atoms with van der Waals surface area (Å²) >= 11 is 0. The minimum absolute atomic E-state index is 0.199. The van der Waals surface area contributed by atoms with Gasteiger partial charge in [-0.05, 0) is 74.0 Å². The van der Waals surface area contributed by atoms with E-state index in [-0.39, 0.29) is 16.2 Å². The van der Waals surface area contributed by atoms with Gasteiger partial charge < -0.3 is 5.32 Å². The van der Waals surface area contributed by atoms with Gasteiger partial charge in [0.2, 0.25) is 5.91 Å². The van der Waals surface area contributed by atoms with E-state index in [0.717, 1.165) is 12.8 Å². The molecule has 0 aliphatic heterocycles. The smallest absolute Gasteiger partial charge is 0.226 e. The number of amides is 1. The third-order valence-corrected chi connectivity index (χ3v) is 9.29. The van der Waals surface area contributed by atoms with Crippen molar-refractivity contribution < 1.29 is 4.79 Å². The second-order valence-electron chi connectivity index (χ2n) is 11.2. The summed E-state index contributed by atoms with van der Waals surface area (Å²) in [4.78, 5) is 13.6. The van der Waals surface area contributed by atoms with E-state index in [2.05, 4.69) is 44.8 Å². The third-order valence-electron chi connectivity index (χ3n) is 9.29. The predicted molar refractivity (Wildman–Crippen MR) is 117 cm³/mol. The number of hydrogen-bond acceptors (Lipinski definition) is 1. The van der Waals surface area contributed by atoms with Crippen molar-refractivity contribution in [2.45, 2.75) is 104 Å². The average Bonchev–Trinajstić information content (AvgIpc) is 2.68. The summed E-state index contributed by atoms with van der Waals surface area (Å²) in [6.45, 7) is 11.3. The van der Waals surface area contributed by atoms with E-state index in [4.69, 9.17) is 0 Å². The monoisotopic (exact) mass is 383 g/mol. The van der Waals surface area contributed by atoms with Crippen molar-refractivity contribution in [3.8, 4) is 0 Å². The van der Waals surface area contributed by atoms with Gasteiger partial charge in [0.25, 0.3) is 0 Å². The molecular formula is C26H41NO. The van der Waals surface area contributed by atoms with Crippen LogP contribution in [0.1, 0.15) is 97.8 Å². The van der Waals surface area contributed by atoms with Gasteiger partial charge in [0.05, 0.1) is 5.41 Å². The van der Waals surface area contributed by atoms with Crippen molar-refractivity contribution in [2.24, 2.45) is 28.1 Å². The number of carbonyl (C=O) groups is 1. The Morgan fingerprint density at radius 2 is 1.82 bits per heavy atom. The number of nitrogens with one attached hydrogen (secondary N) is 1. The summed E-state index contributed by atoms with van der Waals surface area (Å²) in [6.07, 6.45) is 19.3. The van der Waals surface area contributed by atoms with Crippen molar-refractivity contribution in [3.63, 3.8) is 0 Å². The maximum absolute atomic E-state index is 13.6. The lowest BCUT2D eigenvalue weighted by Gasteiger charge is -2.58. The first kappa shape index (κ1) is 20.2.